The van der Waals surface area contributed by atoms with Crippen molar-refractivity contribution in [1.29, 1.82) is 0 Å². The molecule has 15 heavy (non-hydrogen) atoms. The zero-order chi connectivity index (χ0) is 11.3. The van der Waals surface area contributed by atoms with Crippen molar-refractivity contribution in [2.45, 2.75) is 5.16 Å². The number of carboxylic acid groups (broad SMARTS) is 1. The van der Waals surface area contributed by atoms with E-state index in [1.165, 1.54) is 11.8 Å². The maximum Gasteiger partial charge on any atom is 0.360 e. The highest BCUT2D eigenvalue weighted by Crippen LogP contribution is 2.13. The van der Waals surface area contributed by atoms with Crippen LogP contribution in [-0.4, -0.2) is 39.1 Å². The number of nitrogens with one attached hydrogen (secondary N) is 1. The molecule has 0 saturated heterocycles. The number of thioether (sulfide) groups is 1. The van der Waals surface area contributed by atoms with Crippen molar-refractivity contribution >= 4 is 23.5 Å². The van der Waals surface area contributed by atoms with Crippen LogP contribution in [0, 0.1) is 0 Å². The molecule has 1 rings (SSSR count). The summed E-state index contributed by atoms with van der Waals surface area (Å²) < 4.78 is 0. The predicted octanol–water partition coefficient (Wildman–Crippen LogP) is 0.890. The first-order valence-electron chi connectivity index (χ1n) is 4.05. The van der Waals surface area contributed by atoms with Gasteiger partial charge in [0.25, 0.3) is 0 Å². The van der Waals surface area contributed by atoms with Gasteiger partial charge in [-0.2, -0.15) is 0 Å². The standard InChI is InChI=1S/C8H10N4O2S/c1-3-4-9-6-5(7(13)14)11-12-8(10-6)15-2/h3H,1,4H2,2H3,(H,13,14)(H,9,10,12). The largest absolute Gasteiger partial charge is 0.476 e. The van der Waals surface area contributed by atoms with Gasteiger partial charge in [0.1, 0.15) is 0 Å². The van der Waals surface area contributed by atoms with Crippen molar-refractivity contribution in [2.75, 3.05) is 18.1 Å². The normalized spacial score (nSPS) is 9.67. The van der Waals surface area contributed by atoms with Crippen LogP contribution in [0.4, 0.5) is 5.82 Å². The first kappa shape index (κ1) is 11.4. The Bertz CT molecular complexity index is 383. The summed E-state index contributed by atoms with van der Waals surface area (Å²) in [5.41, 5.74) is -0.186. The molecule has 1 aromatic heterocycles. The van der Waals surface area contributed by atoms with Crippen LogP contribution in [0.25, 0.3) is 0 Å². The molecule has 2 N–H and O–H groups in total. The highest BCUT2D eigenvalue weighted by Gasteiger charge is 2.14. The van der Waals surface area contributed by atoms with Gasteiger partial charge in [-0.25, -0.2) is 9.78 Å². The lowest BCUT2D eigenvalue weighted by Crippen LogP contribution is -2.12. The third-order valence-electron chi connectivity index (χ3n) is 1.47. The van der Waals surface area contributed by atoms with Crippen LogP contribution in [0.3, 0.4) is 0 Å². The molecule has 1 aromatic rings. The number of hydrogen-bond donors (Lipinski definition) is 2. The van der Waals surface area contributed by atoms with Gasteiger partial charge in [-0.15, -0.1) is 16.8 Å². The fourth-order valence-electron chi connectivity index (χ4n) is 0.834. The van der Waals surface area contributed by atoms with Gasteiger partial charge < -0.3 is 10.4 Å². The number of aromatic nitrogens is 3. The van der Waals surface area contributed by atoms with Crippen LogP contribution in [-0.2, 0) is 0 Å². The highest BCUT2D eigenvalue weighted by atomic mass is 32.2. The number of aromatic carboxylic acids is 1. The Morgan fingerprint density at radius 2 is 2.40 bits per heavy atom. The van der Waals surface area contributed by atoms with E-state index in [-0.39, 0.29) is 11.5 Å². The smallest absolute Gasteiger partial charge is 0.360 e. The molecule has 0 aliphatic heterocycles. The molecule has 0 aromatic carbocycles. The number of carbonyl (C=O) groups is 1. The summed E-state index contributed by atoms with van der Waals surface area (Å²) in [4.78, 5) is 14.8. The lowest BCUT2D eigenvalue weighted by molar-refractivity contribution is 0.0689. The van der Waals surface area contributed by atoms with E-state index >= 15 is 0 Å². The minimum Gasteiger partial charge on any atom is -0.476 e. The van der Waals surface area contributed by atoms with E-state index in [1.54, 1.807) is 12.3 Å². The van der Waals surface area contributed by atoms with Crippen molar-refractivity contribution in [1.82, 2.24) is 15.2 Å². The molecule has 0 saturated carbocycles. The first-order chi connectivity index (χ1) is 7.19. The van der Waals surface area contributed by atoms with Crippen LogP contribution < -0.4 is 5.32 Å². The van der Waals surface area contributed by atoms with Crippen LogP contribution in [0.5, 0.6) is 0 Å². The molecule has 0 aliphatic carbocycles. The summed E-state index contributed by atoms with van der Waals surface area (Å²) in [6.45, 7) is 3.94. The van der Waals surface area contributed by atoms with Crippen molar-refractivity contribution < 1.29 is 9.90 Å². The van der Waals surface area contributed by atoms with Crippen molar-refractivity contribution in [3.05, 3.63) is 18.3 Å². The monoisotopic (exact) mass is 226 g/mol. The molecule has 1 heterocycles. The fraction of sp³-hybridized carbons (Fsp3) is 0.250. The summed E-state index contributed by atoms with van der Waals surface area (Å²) >= 11 is 1.29. The number of hydrogen-bond acceptors (Lipinski definition) is 6. The Balaban J connectivity index is 3.04. The maximum absolute atomic E-state index is 10.8. The minimum absolute atomic E-state index is 0.186. The van der Waals surface area contributed by atoms with Crippen LogP contribution in [0.2, 0.25) is 0 Å². The molecule has 0 radical (unpaired) electrons. The van der Waals surface area contributed by atoms with Crippen LogP contribution in [0.1, 0.15) is 10.5 Å². The molecular weight excluding hydrogens is 216 g/mol. The van der Waals surface area contributed by atoms with E-state index in [9.17, 15) is 4.79 Å². The zero-order valence-corrected chi connectivity index (χ0v) is 8.91. The molecule has 0 unspecified atom stereocenters. The van der Waals surface area contributed by atoms with E-state index in [0.717, 1.165) is 0 Å². The highest BCUT2D eigenvalue weighted by molar-refractivity contribution is 7.98. The Kier molecular flexibility index (Phi) is 4.04. The number of anilines is 1. The summed E-state index contributed by atoms with van der Waals surface area (Å²) in [6, 6.07) is 0. The summed E-state index contributed by atoms with van der Waals surface area (Å²) in [6.07, 6.45) is 3.39. The van der Waals surface area contributed by atoms with Gasteiger partial charge in [-0.05, 0) is 6.26 Å². The lowest BCUT2D eigenvalue weighted by Gasteiger charge is -2.05. The molecule has 0 fully saturated rings. The van der Waals surface area contributed by atoms with E-state index in [2.05, 4.69) is 27.1 Å². The second-order valence-electron chi connectivity index (χ2n) is 2.47. The maximum atomic E-state index is 10.8. The van der Waals surface area contributed by atoms with Gasteiger partial charge in [0, 0.05) is 6.54 Å². The van der Waals surface area contributed by atoms with E-state index in [4.69, 9.17) is 5.11 Å². The van der Waals surface area contributed by atoms with Crippen LogP contribution >= 0.6 is 11.8 Å². The zero-order valence-electron chi connectivity index (χ0n) is 8.10. The molecule has 0 amide bonds. The number of rotatable bonds is 5. The van der Waals surface area contributed by atoms with Crippen molar-refractivity contribution in [2.24, 2.45) is 0 Å². The average Bonchev–Trinajstić information content (AvgIpc) is 2.25. The van der Waals surface area contributed by atoms with Crippen molar-refractivity contribution in [3.63, 3.8) is 0 Å². The summed E-state index contributed by atoms with van der Waals surface area (Å²) in [7, 11) is 0. The summed E-state index contributed by atoms with van der Waals surface area (Å²) in [5, 5.41) is 19.2. The van der Waals surface area contributed by atoms with Crippen LogP contribution in [0.15, 0.2) is 17.8 Å². The quantitative estimate of drug-likeness (QED) is 0.569. The third kappa shape index (κ3) is 2.91. The number of nitrogens with zero attached hydrogens (tertiary/aromatic N) is 3. The molecule has 80 valence electrons. The van der Waals surface area contributed by atoms with Crippen molar-refractivity contribution in [3.8, 4) is 0 Å². The Labute approximate surface area is 90.8 Å². The molecule has 0 atom stereocenters. The van der Waals surface area contributed by atoms with Gasteiger partial charge in [0.05, 0.1) is 0 Å². The fourth-order valence-corrected chi connectivity index (χ4v) is 1.14. The summed E-state index contributed by atoms with van der Waals surface area (Å²) in [5.74, 6) is -0.948. The molecule has 0 aliphatic rings. The third-order valence-corrected chi connectivity index (χ3v) is 2.00. The minimum atomic E-state index is -1.16. The molecule has 6 nitrogen and oxygen atoms in total. The van der Waals surface area contributed by atoms with Gasteiger partial charge >= 0.3 is 5.97 Å². The molecular formula is C8H10N4O2S. The Morgan fingerprint density at radius 3 is 2.93 bits per heavy atom. The van der Waals surface area contributed by atoms with E-state index in [1.807, 2.05) is 0 Å². The van der Waals surface area contributed by atoms with Gasteiger partial charge in [0.15, 0.2) is 5.82 Å². The van der Waals surface area contributed by atoms with Gasteiger partial charge in [-0.1, -0.05) is 17.8 Å². The topological polar surface area (TPSA) is 88.0 Å². The molecule has 7 heteroatoms. The van der Waals surface area contributed by atoms with Gasteiger partial charge in [-0.3, -0.25) is 0 Å². The first-order valence-corrected chi connectivity index (χ1v) is 5.28. The average molecular weight is 226 g/mol. The van der Waals surface area contributed by atoms with Gasteiger partial charge in [0.2, 0.25) is 10.9 Å². The van der Waals surface area contributed by atoms with E-state index < -0.39 is 5.97 Å². The SMILES string of the molecule is C=CCNc1nc(SC)nnc1C(=O)O. The second kappa shape index (κ2) is 5.30. The molecule has 0 bridgehead atoms. The molecule has 0 spiro atoms. The lowest BCUT2D eigenvalue weighted by atomic mass is 10.4. The predicted molar refractivity (Wildman–Crippen MR) is 57.3 cm³/mol. The Morgan fingerprint density at radius 1 is 1.67 bits per heavy atom. The number of carboxylic acids is 1. The second-order valence-corrected chi connectivity index (χ2v) is 3.24. The Hall–Kier alpha value is -1.63. The van der Waals surface area contributed by atoms with E-state index in [0.29, 0.717) is 11.7 Å².